The third kappa shape index (κ3) is 2.82. The molecule has 1 aromatic rings. The normalized spacial score (nSPS) is 15.0. The number of halogens is 3. The Morgan fingerprint density at radius 3 is 2.85 bits per heavy atom. The zero-order chi connectivity index (χ0) is 14.9. The first-order valence-corrected chi connectivity index (χ1v) is 6.24. The summed E-state index contributed by atoms with van der Waals surface area (Å²) in [6.45, 7) is 1.80. The monoisotopic (exact) mass is 303 g/mol. The van der Waals surface area contributed by atoms with Crippen LogP contribution in [-0.4, -0.2) is 36.5 Å². The highest BCUT2D eigenvalue weighted by Gasteiger charge is 2.24. The van der Waals surface area contributed by atoms with Crippen molar-refractivity contribution in [3.63, 3.8) is 0 Å². The van der Waals surface area contributed by atoms with Gasteiger partial charge in [-0.2, -0.15) is 0 Å². The second-order valence-corrected chi connectivity index (χ2v) is 4.76. The zero-order valence-electron chi connectivity index (χ0n) is 10.6. The van der Waals surface area contributed by atoms with E-state index in [1.807, 2.05) is 0 Å². The van der Waals surface area contributed by atoms with Crippen LogP contribution in [-0.2, 0) is 4.79 Å². The number of hydrogen-bond acceptors (Lipinski definition) is 2. The molecule has 1 fully saturated rings. The first-order valence-electron chi connectivity index (χ1n) is 5.87. The van der Waals surface area contributed by atoms with Gasteiger partial charge in [0.25, 0.3) is 0 Å². The summed E-state index contributed by atoms with van der Waals surface area (Å²) in [5.41, 5.74) is -0.525. The summed E-state index contributed by atoms with van der Waals surface area (Å²) in [5.74, 6) is -2.21. The van der Waals surface area contributed by atoms with Crippen molar-refractivity contribution in [3.8, 4) is 0 Å². The predicted octanol–water partition coefficient (Wildman–Crippen LogP) is 1.89. The van der Waals surface area contributed by atoms with Crippen LogP contribution in [0.3, 0.4) is 0 Å². The van der Waals surface area contributed by atoms with E-state index in [1.54, 1.807) is 0 Å². The second kappa shape index (κ2) is 5.62. The molecular weight excluding hydrogens is 292 g/mol. The third-order valence-corrected chi connectivity index (χ3v) is 3.35. The van der Waals surface area contributed by atoms with Gasteiger partial charge in [-0.15, -0.1) is 0 Å². The van der Waals surface area contributed by atoms with Crippen molar-refractivity contribution in [2.75, 3.05) is 25.0 Å². The molecule has 1 heterocycles. The van der Waals surface area contributed by atoms with Crippen molar-refractivity contribution in [3.05, 3.63) is 28.3 Å². The van der Waals surface area contributed by atoms with Gasteiger partial charge in [0.1, 0.15) is 12.2 Å². The molecule has 0 radical (unpaired) electrons. The van der Waals surface area contributed by atoms with Gasteiger partial charge in [-0.25, -0.2) is 13.6 Å². The Bertz CT molecular complexity index is 580. The molecule has 0 saturated carbocycles. The van der Waals surface area contributed by atoms with Crippen molar-refractivity contribution in [2.24, 2.45) is 0 Å². The minimum atomic E-state index is -0.965. The van der Waals surface area contributed by atoms with Gasteiger partial charge in [0, 0.05) is 23.7 Å². The number of benzene rings is 1. The van der Waals surface area contributed by atoms with Gasteiger partial charge in [0.2, 0.25) is 5.91 Å². The number of nitrogens with one attached hydrogen (secondary N) is 2. The van der Waals surface area contributed by atoms with E-state index in [4.69, 9.17) is 11.6 Å². The lowest BCUT2D eigenvalue weighted by molar-refractivity contribution is -0.123. The summed E-state index contributed by atoms with van der Waals surface area (Å²) in [7, 11) is 0. The Labute approximate surface area is 118 Å². The molecule has 0 unspecified atom stereocenters. The van der Waals surface area contributed by atoms with Crippen LogP contribution >= 0.6 is 11.6 Å². The van der Waals surface area contributed by atoms with Crippen molar-refractivity contribution >= 4 is 29.2 Å². The highest BCUT2D eigenvalue weighted by Crippen LogP contribution is 2.28. The summed E-state index contributed by atoms with van der Waals surface area (Å²) in [5, 5.41) is 4.62. The summed E-state index contributed by atoms with van der Waals surface area (Å²) in [6.07, 6.45) is 0. The van der Waals surface area contributed by atoms with Gasteiger partial charge in [0.15, 0.2) is 11.6 Å². The minimum Gasteiger partial charge on any atom is -0.353 e. The highest BCUT2D eigenvalue weighted by molar-refractivity contribution is 6.31. The van der Waals surface area contributed by atoms with Gasteiger partial charge in [-0.1, -0.05) is 11.6 Å². The maximum Gasteiger partial charge on any atom is 0.322 e. The molecular formula is C12H12ClF2N3O2. The van der Waals surface area contributed by atoms with Crippen molar-refractivity contribution < 1.29 is 18.4 Å². The molecule has 108 valence electrons. The van der Waals surface area contributed by atoms with Crippen LogP contribution in [0.2, 0.25) is 5.02 Å². The Hall–Kier alpha value is -1.89. The Balaban J connectivity index is 2.20. The maximum absolute atomic E-state index is 13.9. The standard InChI is InChI=1S/C12H12ClF2N3O2/c1-6-7(13)4-8(14)11(10(6)15)17-12(20)18-3-2-16-9(19)5-18/h4H,2-3,5H2,1H3,(H,16,19)(H,17,20). The minimum absolute atomic E-state index is 0.0414. The molecule has 2 rings (SSSR count). The fraction of sp³-hybridized carbons (Fsp3) is 0.333. The van der Waals surface area contributed by atoms with Crippen molar-refractivity contribution in [2.45, 2.75) is 6.92 Å². The summed E-state index contributed by atoms with van der Waals surface area (Å²) in [4.78, 5) is 24.2. The van der Waals surface area contributed by atoms with E-state index in [0.717, 1.165) is 6.07 Å². The summed E-state index contributed by atoms with van der Waals surface area (Å²) in [6, 6.07) is 0.192. The largest absolute Gasteiger partial charge is 0.353 e. The molecule has 1 saturated heterocycles. The number of rotatable bonds is 1. The third-order valence-electron chi connectivity index (χ3n) is 2.96. The first-order chi connectivity index (χ1) is 9.40. The zero-order valence-corrected chi connectivity index (χ0v) is 11.4. The van der Waals surface area contributed by atoms with E-state index in [9.17, 15) is 18.4 Å². The lowest BCUT2D eigenvalue weighted by atomic mass is 10.2. The van der Waals surface area contributed by atoms with Crippen LogP contribution in [0.1, 0.15) is 5.56 Å². The number of amides is 3. The van der Waals surface area contributed by atoms with E-state index in [-0.39, 0.29) is 29.6 Å². The Kier molecular flexibility index (Phi) is 4.08. The number of nitrogens with zero attached hydrogens (tertiary/aromatic N) is 1. The average molecular weight is 304 g/mol. The van der Waals surface area contributed by atoms with E-state index in [1.165, 1.54) is 11.8 Å². The number of anilines is 1. The summed E-state index contributed by atoms with van der Waals surface area (Å²) >= 11 is 5.64. The van der Waals surface area contributed by atoms with Gasteiger partial charge in [-0.3, -0.25) is 4.79 Å². The predicted molar refractivity (Wildman–Crippen MR) is 69.7 cm³/mol. The molecule has 0 spiro atoms. The quantitative estimate of drug-likeness (QED) is 0.832. The van der Waals surface area contributed by atoms with Gasteiger partial charge >= 0.3 is 6.03 Å². The van der Waals surface area contributed by atoms with Gasteiger partial charge in [-0.05, 0) is 13.0 Å². The topological polar surface area (TPSA) is 61.4 Å². The average Bonchev–Trinajstić information content (AvgIpc) is 2.41. The Morgan fingerprint density at radius 1 is 1.50 bits per heavy atom. The van der Waals surface area contributed by atoms with Crippen LogP contribution in [0.4, 0.5) is 19.3 Å². The molecule has 1 aromatic carbocycles. The molecule has 1 aliphatic rings. The number of carbonyl (C=O) groups is 2. The fourth-order valence-electron chi connectivity index (χ4n) is 1.80. The molecule has 20 heavy (non-hydrogen) atoms. The first kappa shape index (κ1) is 14.5. The Morgan fingerprint density at radius 2 is 2.20 bits per heavy atom. The van der Waals surface area contributed by atoms with E-state index in [2.05, 4.69) is 10.6 Å². The number of hydrogen-bond donors (Lipinski definition) is 2. The molecule has 8 heteroatoms. The van der Waals surface area contributed by atoms with E-state index < -0.39 is 23.4 Å². The smallest absolute Gasteiger partial charge is 0.322 e. The molecule has 0 aromatic heterocycles. The molecule has 2 N–H and O–H groups in total. The highest BCUT2D eigenvalue weighted by atomic mass is 35.5. The lowest BCUT2D eigenvalue weighted by Crippen LogP contribution is -2.51. The molecule has 5 nitrogen and oxygen atoms in total. The van der Waals surface area contributed by atoms with Crippen molar-refractivity contribution in [1.29, 1.82) is 0 Å². The SMILES string of the molecule is Cc1c(Cl)cc(F)c(NC(=O)N2CCNC(=O)C2)c1F. The molecule has 0 atom stereocenters. The second-order valence-electron chi connectivity index (χ2n) is 4.36. The molecule has 3 amide bonds. The fourth-order valence-corrected chi connectivity index (χ4v) is 1.98. The van der Waals surface area contributed by atoms with Crippen LogP contribution in [0, 0.1) is 18.6 Å². The van der Waals surface area contributed by atoms with Crippen molar-refractivity contribution in [1.82, 2.24) is 10.2 Å². The summed E-state index contributed by atoms with van der Waals surface area (Å²) < 4.78 is 27.5. The van der Waals surface area contributed by atoms with Gasteiger partial charge in [0.05, 0.1) is 0 Å². The van der Waals surface area contributed by atoms with Crippen LogP contribution in [0.25, 0.3) is 0 Å². The molecule has 0 bridgehead atoms. The number of urea groups is 1. The number of piperazine rings is 1. The lowest BCUT2D eigenvalue weighted by Gasteiger charge is -2.27. The van der Waals surface area contributed by atoms with E-state index in [0.29, 0.717) is 6.54 Å². The maximum atomic E-state index is 13.9. The molecule has 1 aliphatic heterocycles. The van der Waals surface area contributed by atoms with Crippen LogP contribution in [0.5, 0.6) is 0 Å². The molecule has 0 aliphatic carbocycles. The van der Waals surface area contributed by atoms with Crippen LogP contribution in [0.15, 0.2) is 6.07 Å². The van der Waals surface area contributed by atoms with Gasteiger partial charge < -0.3 is 15.5 Å². The van der Waals surface area contributed by atoms with Crippen LogP contribution < -0.4 is 10.6 Å². The van der Waals surface area contributed by atoms with E-state index >= 15 is 0 Å². The number of carbonyl (C=O) groups excluding carboxylic acids is 2.